The van der Waals surface area contributed by atoms with E-state index in [-0.39, 0.29) is 3.52 Å². The summed E-state index contributed by atoms with van der Waals surface area (Å²) >= 11 is 11.7. The number of quaternary nitrogens is 1. The van der Waals surface area contributed by atoms with Crippen LogP contribution in [0.1, 0.15) is 26.7 Å². The van der Waals surface area contributed by atoms with Crippen LogP contribution in [0.25, 0.3) is 0 Å². The fourth-order valence-electron chi connectivity index (χ4n) is 0.766. The molecule has 0 aliphatic heterocycles. The minimum atomic E-state index is 0.132. The Morgan fingerprint density at radius 3 is 1.56 bits per heavy atom. The first-order valence-corrected chi connectivity index (χ1v) is 4.06. The molecule has 0 heterocycles. The van der Waals surface area contributed by atoms with E-state index in [9.17, 15) is 0 Å². The first-order valence-electron chi connectivity index (χ1n) is 3.38. The molecule has 0 aliphatic rings. The lowest BCUT2D eigenvalue weighted by molar-refractivity contribution is -0.690. The Bertz CT molecular complexity index is 65.5. The maximum Gasteiger partial charge on any atom is 0.186 e. The summed E-state index contributed by atoms with van der Waals surface area (Å²) in [5.41, 5.74) is 0. The van der Waals surface area contributed by atoms with Gasteiger partial charge in [-0.05, 0) is 12.8 Å². The monoisotopic (exact) mass is 170 g/mol. The van der Waals surface area contributed by atoms with Gasteiger partial charge in [0.25, 0.3) is 0 Å². The zero-order valence-corrected chi connectivity index (χ0v) is 7.54. The van der Waals surface area contributed by atoms with Gasteiger partial charge in [-0.15, -0.1) is 3.52 Å². The van der Waals surface area contributed by atoms with Crippen molar-refractivity contribution in [1.29, 1.82) is 0 Å². The second kappa shape index (κ2) is 4.37. The molecule has 56 valence electrons. The van der Waals surface area contributed by atoms with Gasteiger partial charge in [0, 0.05) is 0 Å². The molecule has 0 aromatic carbocycles. The Balaban J connectivity index is 3.43. The van der Waals surface area contributed by atoms with Gasteiger partial charge in [0.15, 0.2) is 23.6 Å². The topological polar surface area (TPSA) is 0 Å². The summed E-state index contributed by atoms with van der Waals surface area (Å²) in [6.07, 6.45) is 2.07. The van der Waals surface area contributed by atoms with Gasteiger partial charge >= 0.3 is 0 Å². The first kappa shape index (κ1) is 9.54. The van der Waals surface area contributed by atoms with Crippen molar-refractivity contribution in [2.75, 3.05) is 13.1 Å². The molecule has 9 heavy (non-hydrogen) atoms. The SMILES string of the molecule is CCC[N+](Cl)(Cl)CCC. The van der Waals surface area contributed by atoms with Crippen LogP contribution < -0.4 is 0 Å². The van der Waals surface area contributed by atoms with E-state index in [1.165, 1.54) is 0 Å². The number of rotatable bonds is 4. The molecule has 0 aliphatic carbocycles. The standard InChI is InChI=1S/C6H14Cl2N/c1-3-5-9(7,8)6-4-2/h3-6H2,1-2H3/q+1. The van der Waals surface area contributed by atoms with Crippen LogP contribution in [0.2, 0.25) is 0 Å². The van der Waals surface area contributed by atoms with Gasteiger partial charge in [-0.2, -0.15) is 0 Å². The molecule has 0 radical (unpaired) electrons. The quantitative estimate of drug-likeness (QED) is 0.570. The fraction of sp³-hybridized carbons (Fsp3) is 1.00. The second-order valence-electron chi connectivity index (χ2n) is 2.21. The predicted molar refractivity (Wildman–Crippen MR) is 42.3 cm³/mol. The second-order valence-corrected chi connectivity index (χ2v) is 3.68. The van der Waals surface area contributed by atoms with Crippen LogP contribution in [0.4, 0.5) is 0 Å². The molecule has 0 unspecified atom stereocenters. The lowest BCUT2D eigenvalue weighted by Crippen LogP contribution is -2.28. The average molecular weight is 171 g/mol. The Morgan fingerprint density at radius 2 is 1.33 bits per heavy atom. The Kier molecular flexibility index (Phi) is 4.63. The van der Waals surface area contributed by atoms with E-state index in [1.807, 2.05) is 0 Å². The Labute approximate surface area is 67.4 Å². The van der Waals surface area contributed by atoms with Crippen molar-refractivity contribution in [1.82, 2.24) is 0 Å². The fourth-order valence-corrected chi connectivity index (χ4v) is 1.44. The van der Waals surface area contributed by atoms with Crippen molar-refractivity contribution in [3.63, 3.8) is 0 Å². The molecule has 1 nitrogen and oxygen atoms in total. The van der Waals surface area contributed by atoms with Crippen molar-refractivity contribution >= 4 is 23.6 Å². The molecule has 0 saturated carbocycles. The third-order valence-corrected chi connectivity index (χ3v) is 1.78. The lowest BCUT2D eigenvalue weighted by atomic mass is 10.4. The molecule has 3 heteroatoms. The van der Waals surface area contributed by atoms with E-state index in [2.05, 4.69) is 13.8 Å². The highest BCUT2D eigenvalue weighted by atomic mass is 35.5. The van der Waals surface area contributed by atoms with Crippen LogP contribution >= 0.6 is 23.6 Å². The molecular formula is C6H14Cl2N+. The van der Waals surface area contributed by atoms with Crippen LogP contribution in [0, 0.1) is 0 Å². The molecular weight excluding hydrogens is 157 g/mol. The van der Waals surface area contributed by atoms with Gasteiger partial charge in [0.05, 0.1) is 0 Å². The van der Waals surface area contributed by atoms with E-state index in [1.54, 1.807) is 0 Å². The molecule has 0 amide bonds. The summed E-state index contributed by atoms with van der Waals surface area (Å²) < 4.78 is 0.132. The lowest BCUT2D eigenvalue weighted by Gasteiger charge is -2.16. The van der Waals surface area contributed by atoms with Gasteiger partial charge in [-0.1, -0.05) is 13.8 Å². The van der Waals surface area contributed by atoms with Crippen LogP contribution in [0.15, 0.2) is 0 Å². The molecule has 0 aromatic rings. The van der Waals surface area contributed by atoms with Crippen LogP contribution in [0.3, 0.4) is 0 Å². The zero-order chi connectivity index (χ0) is 7.33. The van der Waals surface area contributed by atoms with Crippen molar-refractivity contribution in [3.8, 4) is 0 Å². The summed E-state index contributed by atoms with van der Waals surface area (Å²) in [6.45, 7) is 5.84. The molecule has 0 aromatic heterocycles. The van der Waals surface area contributed by atoms with E-state index in [0.29, 0.717) is 0 Å². The molecule has 0 spiro atoms. The Hall–Kier alpha value is 0.540. The van der Waals surface area contributed by atoms with E-state index in [4.69, 9.17) is 23.6 Å². The molecule has 0 fully saturated rings. The third kappa shape index (κ3) is 5.01. The summed E-state index contributed by atoms with van der Waals surface area (Å²) in [7, 11) is 0. The average Bonchev–Trinajstić information content (AvgIpc) is 1.64. The largest absolute Gasteiger partial charge is 0.186 e. The van der Waals surface area contributed by atoms with E-state index >= 15 is 0 Å². The predicted octanol–water partition coefficient (Wildman–Crippen LogP) is 2.93. The number of halogens is 2. The number of hydrogen-bond acceptors (Lipinski definition) is 0. The van der Waals surface area contributed by atoms with Gasteiger partial charge in [-0.25, -0.2) is 0 Å². The molecule has 0 N–H and O–H groups in total. The number of nitrogens with zero attached hydrogens (tertiary/aromatic N) is 1. The van der Waals surface area contributed by atoms with E-state index < -0.39 is 0 Å². The minimum absolute atomic E-state index is 0.132. The molecule has 0 bridgehead atoms. The third-order valence-electron chi connectivity index (χ3n) is 1.10. The highest BCUT2D eigenvalue weighted by molar-refractivity contribution is 6.23. The summed E-state index contributed by atoms with van der Waals surface area (Å²) in [5, 5.41) is 0. The normalized spacial score (nSPS) is 12.0. The van der Waals surface area contributed by atoms with Crippen molar-refractivity contribution in [2.24, 2.45) is 0 Å². The summed E-state index contributed by atoms with van der Waals surface area (Å²) in [5.74, 6) is 0. The Morgan fingerprint density at radius 1 is 1.00 bits per heavy atom. The molecule has 0 atom stereocenters. The maximum absolute atomic E-state index is 5.84. The minimum Gasteiger partial charge on any atom is -0.123 e. The highest BCUT2D eigenvalue weighted by Gasteiger charge is 2.20. The van der Waals surface area contributed by atoms with Crippen LogP contribution in [-0.2, 0) is 0 Å². The van der Waals surface area contributed by atoms with E-state index in [0.717, 1.165) is 25.9 Å². The zero-order valence-electron chi connectivity index (χ0n) is 6.03. The molecule has 0 saturated heterocycles. The van der Waals surface area contributed by atoms with Gasteiger partial charge in [0.2, 0.25) is 0 Å². The highest BCUT2D eigenvalue weighted by Crippen LogP contribution is 2.18. The van der Waals surface area contributed by atoms with Crippen LogP contribution in [-0.4, -0.2) is 16.6 Å². The first-order chi connectivity index (χ1) is 4.12. The van der Waals surface area contributed by atoms with Crippen molar-refractivity contribution in [2.45, 2.75) is 26.7 Å². The van der Waals surface area contributed by atoms with Gasteiger partial charge in [0.1, 0.15) is 13.1 Å². The van der Waals surface area contributed by atoms with Crippen LogP contribution in [0.5, 0.6) is 0 Å². The maximum atomic E-state index is 5.84. The smallest absolute Gasteiger partial charge is 0.123 e. The summed E-state index contributed by atoms with van der Waals surface area (Å²) in [4.78, 5) is 0. The van der Waals surface area contributed by atoms with Crippen molar-refractivity contribution in [3.05, 3.63) is 0 Å². The van der Waals surface area contributed by atoms with Gasteiger partial charge in [-0.3, -0.25) is 0 Å². The van der Waals surface area contributed by atoms with Gasteiger partial charge < -0.3 is 0 Å². The van der Waals surface area contributed by atoms with Crippen molar-refractivity contribution < 1.29 is 3.52 Å². The molecule has 0 rings (SSSR count). The number of hydrogen-bond donors (Lipinski definition) is 0. The summed E-state index contributed by atoms with van der Waals surface area (Å²) in [6, 6.07) is 0.